The number of halogens is 2. The van der Waals surface area contributed by atoms with Gasteiger partial charge in [0.2, 0.25) is 0 Å². The average Bonchev–Trinajstić information content (AvgIpc) is 2.63. The Bertz CT molecular complexity index is 700. The Morgan fingerprint density at radius 3 is 2.46 bits per heavy atom. The van der Waals surface area contributed by atoms with Crippen LogP contribution < -0.4 is 0 Å². The summed E-state index contributed by atoms with van der Waals surface area (Å²) < 4.78 is 14.0. The zero-order chi connectivity index (χ0) is 16.9. The molecule has 126 valence electrons. The largest absolute Gasteiger partial charge is 0.336 e. The molecule has 0 atom stereocenters. The fourth-order valence-electron chi connectivity index (χ4n) is 2.94. The molecule has 0 aliphatic carbocycles. The Hall–Kier alpha value is -1.72. The molecule has 0 unspecified atom stereocenters. The summed E-state index contributed by atoms with van der Waals surface area (Å²) in [5.74, 6) is -0.493. The lowest BCUT2D eigenvalue weighted by molar-refractivity contribution is 0.0637. The number of amides is 1. The average molecular weight is 391 g/mol. The van der Waals surface area contributed by atoms with E-state index < -0.39 is 0 Å². The predicted octanol–water partition coefficient (Wildman–Crippen LogP) is 3.59. The van der Waals surface area contributed by atoms with Gasteiger partial charge in [-0.15, -0.1) is 0 Å². The highest BCUT2D eigenvalue weighted by molar-refractivity contribution is 9.10. The van der Waals surface area contributed by atoms with Gasteiger partial charge in [-0.3, -0.25) is 9.69 Å². The fourth-order valence-corrected chi connectivity index (χ4v) is 3.35. The van der Waals surface area contributed by atoms with Crippen LogP contribution >= 0.6 is 15.9 Å². The highest BCUT2D eigenvalue weighted by Crippen LogP contribution is 2.20. The van der Waals surface area contributed by atoms with E-state index in [2.05, 4.69) is 45.1 Å². The monoisotopic (exact) mass is 390 g/mol. The van der Waals surface area contributed by atoms with Crippen LogP contribution in [-0.2, 0) is 6.42 Å². The number of hydrogen-bond acceptors (Lipinski definition) is 2. The van der Waals surface area contributed by atoms with Gasteiger partial charge in [0.1, 0.15) is 5.82 Å². The van der Waals surface area contributed by atoms with Crippen LogP contribution in [0.2, 0.25) is 0 Å². The van der Waals surface area contributed by atoms with Crippen molar-refractivity contribution in [3.63, 3.8) is 0 Å². The maximum atomic E-state index is 13.4. The first-order valence-corrected chi connectivity index (χ1v) is 8.93. The number of hydrogen-bond donors (Lipinski definition) is 0. The number of nitrogens with zero attached hydrogens (tertiary/aromatic N) is 2. The van der Waals surface area contributed by atoms with Crippen molar-refractivity contribution in [2.75, 3.05) is 32.7 Å². The molecule has 0 radical (unpaired) electrons. The van der Waals surface area contributed by atoms with Gasteiger partial charge in [-0.2, -0.15) is 0 Å². The second-order valence-electron chi connectivity index (χ2n) is 5.99. The van der Waals surface area contributed by atoms with E-state index in [9.17, 15) is 9.18 Å². The van der Waals surface area contributed by atoms with E-state index in [-0.39, 0.29) is 11.7 Å². The van der Waals surface area contributed by atoms with Crippen LogP contribution in [0.4, 0.5) is 4.39 Å². The molecule has 1 amide bonds. The van der Waals surface area contributed by atoms with Crippen molar-refractivity contribution in [3.05, 3.63) is 69.9 Å². The standard InChI is InChI=1S/C19H20BrFN2O/c20-18-7-6-16(21)14-17(18)19(24)23-12-10-22(11-13-23)9-8-15-4-2-1-3-5-15/h1-7,14H,8-13H2. The third kappa shape index (κ3) is 4.22. The zero-order valence-electron chi connectivity index (χ0n) is 13.4. The molecular weight excluding hydrogens is 371 g/mol. The summed E-state index contributed by atoms with van der Waals surface area (Å²) in [5, 5.41) is 0. The highest BCUT2D eigenvalue weighted by atomic mass is 79.9. The van der Waals surface area contributed by atoms with Gasteiger partial charge in [-0.25, -0.2) is 4.39 Å². The summed E-state index contributed by atoms with van der Waals surface area (Å²) in [7, 11) is 0. The van der Waals surface area contributed by atoms with E-state index in [1.54, 1.807) is 11.0 Å². The Morgan fingerprint density at radius 2 is 1.75 bits per heavy atom. The molecule has 0 bridgehead atoms. The highest BCUT2D eigenvalue weighted by Gasteiger charge is 2.23. The van der Waals surface area contributed by atoms with E-state index in [1.807, 2.05) is 6.07 Å². The second-order valence-corrected chi connectivity index (χ2v) is 6.85. The third-order valence-corrected chi connectivity index (χ3v) is 5.07. The van der Waals surface area contributed by atoms with Gasteiger partial charge >= 0.3 is 0 Å². The van der Waals surface area contributed by atoms with Crippen LogP contribution in [0.1, 0.15) is 15.9 Å². The lowest BCUT2D eigenvalue weighted by Crippen LogP contribution is -2.49. The van der Waals surface area contributed by atoms with E-state index in [1.165, 1.54) is 17.7 Å². The summed E-state index contributed by atoms with van der Waals surface area (Å²) >= 11 is 3.34. The van der Waals surface area contributed by atoms with Crippen molar-refractivity contribution in [2.45, 2.75) is 6.42 Å². The van der Waals surface area contributed by atoms with Gasteiger partial charge in [-0.1, -0.05) is 30.3 Å². The molecule has 0 spiro atoms. The summed E-state index contributed by atoms with van der Waals surface area (Å²) in [5.41, 5.74) is 1.73. The zero-order valence-corrected chi connectivity index (χ0v) is 15.0. The minimum Gasteiger partial charge on any atom is -0.336 e. The Labute approximate surface area is 150 Å². The lowest BCUT2D eigenvalue weighted by atomic mass is 10.1. The molecular formula is C19H20BrFN2O. The fraction of sp³-hybridized carbons (Fsp3) is 0.316. The van der Waals surface area contributed by atoms with Crippen LogP contribution in [0.3, 0.4) is 0 Å². The number of carbonyl (C=O) groups is 1. The first-order chi connectivity index (χ1) is 11.6. The topological polar surface area (TPSA) is 23.6 Å². The molecule has 0 aromatic heterocycles. The van der Waals surface area contributed by atoms with Gasteiger partial charge in [0.05, 0.1) is 5.56 Å². The number of benzene rings is 2. The Morgan fingerprint density at radius 1 is 1.04 bits per heavy atom. The Kier molecular flexibility index (Phi) is 5.63. The minimum absolute atomic E-state index is 0.107. The maximum absolute atomic E-state index is 13.4. The van der Waals surface area contributed by atoms with Crippen LogP contribution in [0.25, 0.3) is 0 Å². The molecule has 1 fully saturated rings. The van der Waals surface area contributed by atoms with E-state index >= 15 is 0 Å². The van der Waals surface area contributed by atoms with E-state index in [4.69, 9.17) is 0 Å². The van der Waals surface area contributed by atoms with Crippen LogP contribution in [-0.4, -0.2) is 48.4 Å². The Balaban J connectivity index is 1.53. The predicted molar refractivity (Wildman–Crippen MR) is 96.6 cm³/mol. The van der Waals surface area contributed by atoms with Crippen molar-refractivity contribution < 1.29 is 9.18 Å². The normalized spacial score (nSPS) is 15.5. The van der Waals surface area contributed by atoms with Crippen molar-refractivity contribution in [1.29, 1.82) is 0 Å². The molecule has 1 saturated heterocycles. The summed E-state index contributed by atoms with van der Waals surface area (Å²) in [6.07, 6.45) is 1.02. The molecule has 1 aliphatic heterocycles. The van der Waals surface area contributed by atoms with E-state index in [0.717, 1.165) is 26.1 Å². The smallest absolute Gasteiger partial charge is 0.255 e. The second kappa shape index (κ2) is 7.90. The number of piperazine rings is 1. The van der Waals surface area contributed by atoms with E-state index in [0.29, 0.717) is 23.1 Å². The van der Waals surface area contributed by atoms with Crippen molar-refractivity contribution in [2.24, 2.45) is 0 Å². The van der Waals surface area contributed by atoms with Crippen molar-refractivity contribution in [3.8, 4) is 0 Å². The third-order valence-electron chi connectivity index (χ3n) is 4.38. The summed E-state index contributed by atoms with van der Waals surface area (Å²) in [6.45, 7) is 4.06. The molecule has 5 heteroatoms. The molecule has 1 heterocycles. The summed E-state index contributed by atoms with van der Waals surface area (Å²) in [6, 6.07) is 14.7. The summed E-state index contributed by atoms with van der Waals surface area (Å²) in [4.78, 5) is 16.7. The van der Waals surface area contributed by atoms with Crippen LogP contribution in [0.5, 0.6) is 0 Å². The first kappa shape index (κ1) is 17.1. The van der Waals surface area contributed by atoms with Gasteiger partial charge in [0, 0.05) is 37.2 Å². The molecule has 2 aromatic rings. The van der Waals surface area contributed by atoms with Crippen molar-refractivity contribution in [1.82, 2.24) is 9.80 Å². The van der Waals surface area contributed by atoms with Gasteiger partial charge < -0.3 is 4.90 Å². The van der Waals surface area contributed by atoms with Crippen molar-refractivity contribution >= 4 is 21.8 Å². The lowest BCUT2D eigenvalue weighted by Gasteiger charge is -2.35. The maximum Gasteiger partial charge on any atom is 0.255 e. The minimum atomic E-state index is -0.386. The number of rotatable bonds is 4. The molecule has 0 N–H and O–H groups in total. The SMILES string of the molecule is O=C(c1cc(F)ccc1Br)N1CCN(CCc2ccccc2)CC1. The van der Waals surface area contributed by atoms with Gasteiger partial charge in [0.25, 0.3) is 5.91 Å². The molecule has 0 saturated carbocycles. The van der Waals surface area contributed by atoms with Gasteiger partial charge in [0.15, 0.2) is 0 Å². The van der Waals surface area contributed by atoms with Crippen LogP contribution in [0.15, 0.2) is 53.0 Å². The quantitative estimate of drug-likeness (QED) is 0.796. The molecule has 2 aromatic carbocycles. The van der Waals surface area contributed by atoms with Crippen LogP contribution in [0, 0.1) is 5.82 Å². The molecule has 24 heavy (non-hydrogen) atoms. The molecule has 3 rings (SSSR count). The van der Waals surface area contributed by atoms with Gasteiger partial charge in [-0.05, 0) is 46.1 Å². The first-order valence-electron chi connectivity index (χ1n) is 8.14. The molecule has 3 nitrogen and oxygen atoms in total. The number of carbonyl (C=O) groups excluding carboxylic acids is 1. The molecule has 1 aliphatic rings.